The average molecular weight is 425 g/mol. The van der Waals surface area contributed by atoms with Crippen molar-refractivity contribution in [3.05, 3.63) is 57.7 Å². The van der Waals surface area contributed by atoms with Gasteiger partial charge in [0.2, 0.25) is 5.88 Å². The van der Waals surface area contributed by atoms with E-state index in [1.165, 1.54) is 0 Å². The van der Waals surface area contributed by atoms with E-state index in [9.17, 15) is 14.9 Å². The molecule has 1 aromatic rings. The summed E-state index contributed by atoms with van der Waals surface area (Å²) in [5.74, 6) is -1.06. The molecule has 8 nitrogen and oxygen atoms in total. The van der Waals surface area contributed by atoms with Crippen molar-refractivity contribution in [2.45, 2.75) is 59.2 Å². The van der Waals surface area contributed by atoms with E-state index in [2.05, 4.69) is 6.07 Å². The molecule has 0 saturated heterocycles. The molecule has 2 aliphatic rings. The molecule has 0 fully saturated rings. The number of hydrogen-bond donors (Lipinski definition) is 1. The molecular formula is C23H27N3O5. The number of hydrogen-bond acceptors (Lipinski definition) is 7. The van der Waals surface area contributed by atoms with E-state index in [0.717, 1.165) is 11.1 Å². The first-order valence-electron chi connectivity index (χ1n) is 10.1. The molecular weight excluding hydrogens is 398 g/mol. The predicted octanol–water partition coefficient (Wildman–Crippen LogP) is 3.58. The molecule has 1 amide bonds. The molecule has 3 rings (SSSR count). The minimum Gasteiger partial charge on any atom is -0.463 e. The van der Waals surface area contributed by atoms with Gasteiger partial charge in [-0.05, 0) is 51.3 Å². The number of allylic oxidation sites excluding steroid dienone is 2. The molecule has 2 N–H and O–H groups in total. The number of nitrogens with two attached hydrogens (primary N) is 1. The Morgan fingerprint density at radius 3 is 2.65 bits per heavy atom. The molecule has 164 valence electrons. The second kappa shape index (κ2) is 8.34. The Bertz CT molecular complexity index is 1030. The Kier molecular flexibility index (Phi) is 5.98. The summed E-state index contributed by atoms with van der Waals surface area (Å²) in [6, 6.07) is 7.68. The summed E-state index contributed by atoms with van der Waals surface area (Å²) in [4.78, 5) is 27.0. The molecule has 1 unspecified atom stereocenters. The van der Waals surface area contributed by atoms with Crippen molar-refractivity contribution >= 4 is 12.1 Å². The molecule has 2 heterocycles. The summed E-state index contributed by atoms with van der Waals surface area (Å²) < 4.78 is 16.2. The van der Waals surface area contributed by atoms with Crippen molar-refractivity contribution in [3.63, 3.8) is 0 Å². The molecule has 0 saturated carbocycles. The molecule has 0 radical (unpaired) electrons. The zero-order chi connectivity index (χ0) is 22.9. The number of carbonyl (C=O) groups excluding carboxylic acids is 2. The lowest BCUT2D eigenvalue weighted by Crippen LogP contribution is -2.33. The van der Waals surface area contributed by atoms with Gasteiger partial charge in [-0.25, -0.2) is 9.59 Å². The van der Waals surface area contributed by atoms with Crippen molar-refractivity contribution < 1.29 is 23.8 Å². The Balaban J connectivity index is 2.06. The van der Waals surface area contributed by atoms with Crippen LogP contribution in [0, 0.1) is 11.3 Å². The van der Waals surface area contributed by atoms with Gasteiger partial charge in [0.15, 0.2) is 0 Å². The molecule has 1 aromatic carbocycles. The number of nitriles is 1. The molecule has 31 heavy (non-hydrogen) atoms. The van der Waals surface area contributed by atoms with Crippen LogP contribution in [0.15, 0.2) is 41.0 Å². The number of fused-ring (bicyclic) bond motifs is 1. The van der Waals surface area contributed by atoms with Crippen LogP contribution in [-0.2, 0) is 32.1 Å². The first-order chi connectivity index (χ1) is 14.6. The van der Waals surface area contributed by atoms with Gasteiger partial charge in [0.05, 0.1) is 24.6 Å². The molecule has 1 atom stereocenters. The van der Waals surface area contributed by atoms with Crippen LogP contribution in [0.5, 0.6) is 0 Å². The lowest BCUT2D eigenvalue weighted by atomic mass is 9.80. The number of ether oxygens (including phenoxy) is 3. The van der Waals surface area contributed by atoms with Gasteiger partial charge in [0.25, 0.3) is 0 Å². The van der Waals surface area contributed by atoms with Gasteiger partial charge in [-0.15, -0.1) is 0 Å². The van der Waals surface area contributed by atoms with E-state index < -0.39 is 23.6 Å². The van der Waals surface area contributed by atoms with E-state index in [0.29, 0.717) is 24.4 Å². The maximum atomic E-state index is 12.8. The maximum Gasteiger partial charge on any atom is 0.410 e. The molecule has 0 spiro atoms. The number of amides is 1. The second-order valence-electron chi connectivity index (χ2n) is 8.44. The fraction of sp³-hybridized carbons (Fsp3) is 0.435. The van der Waals surface area contributed by atoms with Gasteiger partial charge < -0.3 is 19.9 Å². The zero-order valence-corrected chi connectivity index (χ0v) is 18.4. The Hall–Kier alpha value is -3.47. The summed E-state index contributed by atoms with van der Waals surface area (Å²) >= 11 is 0. The highest BCUT2D eigenvalue weighted by molar-refractivity contribution is 5.92. The highest BCUT2D eigenvalue weighted by atomic mass is 16.6. The van der Waals surface area contributed by atoms with Crippen molar-refractivity contribution in [2.75, 3.05) is 6.61 Å². The van der Waals surface area contributed by atoms with Gasteiger partial charge in [0, 0.05) is 6.54 Å². The summed E-state index contributed by atoms with van der Waals surface area (Å²) in [6.45, 7) is 9.62. The highest BCUT2D eigenvalue weighted by Crippen LogP contribution is 2.43. The maximum absolute atomic E-state index is 12.8. The van der Waals surface area contributed by atoms with Gasteiger partial charge in [-0.3, -0.25) is 4.90 Å². The Labute approximate surface area is 181 Å². The van der Waals surface area contributed by atoms with Crippen LogP contribution >= 0.6 is 0 Å². The lowest BCUT2D eigenvalue weighted by Gasteiger charge is -2.28. The van der Waals surface area contributed by atoms with Crippen LogP contribution in [0.2, 0.25) is 0 Å². The van der Waals surface area contributed by atoms with Crippen molar-refractivity contribution in [1.82, 2.24) is 4.90 Å². The van der Waals surface area contributed by atoms with Crippen molar-refractivity contribution in [1.29, 1.82) is 5.26 Å². The van der Waals surface area contributed by atoms with E-state index in [-0.39, 0.29) is 23.6 Å². The van der Waals surface area contributed by atoms with Crippen LogP contribution in [0.4, 0.5) is 4.79 Å². The first-order valence-corrected chi connectivity index (χ1v) is 10.1. The SMILES string of the molecule is CCOC(=O)C1=C(C)OC(N)=C(C#N)C1c1cccc2c1CN(C(=O)OC(C)(C)C)C2. The largest absolute Gasteiger partial charge is 0.463 e. The zero-order valence-electron chi connectivity index (χ0n) is 18.4. The number of rotatable bonds is 3. The summed E-state index contributed by atoms with van der Waals surface area (Å²) in [7, 11) is 0. The fourth-order valence-electron chi connectivity index (χ4n) is 3.84. The third-order valence-corrected chi connectivity index (χ3v) is 5.08. The highest BCUT2D eigenvalue weighted by Gasteiger charge is 2.39. The van der Waals surface area contributed by atoms with Crippen LogP contribution in [0.25, 0.3) is 0 Å². The third kappa shape index (κ3) is 4.36. The second-order valence-corrected chi connectivity index (χ2v) is 8.44. The summed E-state index contributed by atoms with van der Waals surface area (Å²) in [6.07, 6.45) is -0.422. The Morgan fingerprint density at radius 1 is 1.32 bits per heavy atom. The van der Waals surface area contributed by atoms with Gasteiger partial charge in [-0.2, -0.15) is 5.26 Å². The minimum atomic E-state index is -0.744. The molecule has 2 aliphatic heterocycles. The minimum absolute atomic E-state index is 0.0438. The summed E-state index contributed by atoms with van der Waals surface area (Å²) in [5.41, 5.74) is 8.25. The van der Waals surface area contributed by atoms with Gasteiger partial charge in [-0.1, -0.05) is 18.2 Å². The fourth-order valence-corrected chi connectivity index (χ4v) is 3.84. The predicted molar refractivity (Wildman–Crippen MR) is 112 cm³/mol. The van der Waals surface area contributed by atoms with Crippen LogP contribution < -0.4 is 5.73 Å². The standard InChI is InChI=1S/C23H27N3O5/c1-6-29-21(27)18-13(2)30-20(25)16(10-24)19(18)15-9-7-8-14-11-26(12-17(14)15)22(28)31-23(3,4)5/h7-9,19H,6,11-12,25H2,1-5H3. The number of benzene rings is 1. The van der Waals surface area contributed by atoms with E-state index >= 15 is 0 Å². The van der Waals surface area contributed by atoms with Gasteiger partial charge in [0.1, 0.15) is 23.0 Å². The quantitative estimate of drug-likeness (QED) is 0.736. The molecule has 0 aliphatic carbocycles. The monoisotopic (exact) mass is 425 g/mol. The number of esters is 1. The van der Waals surface area contributed by atoms with E-state index in [1.807, 2.05) is 39.0 Å². The first kappa shape index (κ1) is 22.2. The van der Waals surface area contributed by atoms with Crippen LogP contribution in [0.1, 0.15) is 57.2 Å². The van der Waals surface area contributed by atoms with Crippen LogP contribution in [-0.4, -0.2) is 29.2 Å². The molecule has 0 bridgehead atoms. The third-order valence-electron chi connectivity index (χ3n) is 5.08. The van der Waals surface area contributed by atoms with E-state index in [4.69, 9.17) is 19.9 Å². The van der Waals surface area contributed by atoms with Crippen LogP contribution in [0.3, 0.4) is 0 Å². The topological polar surface area (TPSA) is 115 Å². The average Bonchev–Trinajstić information content (AvgIpc) is 3.11. The smallest absolute Gasteiger partial charge is 0.410 e. The van der Waals surface area contributed by atoms with E-state index in [1.54, 1.807) is 18.7 Å². The number of carbonyl (C=O) groups is 2. The normalized spacial score (nSPS) is 18.3. The Morgan fingerprint density at radius 2 is 2.03 bits per heavy atom. The van der Waals surface area contributed by atoms with Crippen molar-refractivity contribution in [2.24, 2.45) is 5.73 Å². The van der Waals surface area contributed by atoms with Gasteiger partial charge >= 0.3 is 12.1 Å². The number of nitrogens with zero attached hydrogens (tertiary/aromatic N) is 2. The molecule has 0 aromatic heterocycles. The molecule has 8 heteroatoms. The lowest BCUT2D eigenvalue weighted by molar-refractivity contribution is -0.139. The summed E-state index contributed by atoms with van der Waals surface area (Å²) in [5, 5.41) is 9.80. The van der Waals surface area contributed by atoms with Crippen molar-refractivity contribution in [3.8, 4) is 6.07 Å².